The van der Waals surface area contributed by atoms with Crippen LogP contribution in [0, 0.1) is 12.7 Å². The van der Waals surface area contributed by atoms with Gasteiger partial charge in [0.1, 0.15) is 5.82 Å². The van der Waals surface area contributed by atoms with Gasteiger partial charge in [-0.1, -0.05) is 0 Å². The summed E-state index contributed by atoms with van der Waals surface area (Å²) in [6, 6.07) is 3.42. The number of hydrogen-bond donors (Lipinski definition) is 0. The first kappa shape index (κ1) is 9.48. The third kappa shape index (κ3) is 2.19. The Balaban J connectivity index is 3.37. The molecule has 1 rings (SSSR count). The smallest absolute Gasteiger partial charge is 0.207 e. The average molecular weight is 209 g/mol. The lowest BCUT2D eigenvalue weighted by Gasteiger charge is -1.97. The first-order valence-electron chi connectivity index (χ1n) is 3.11. The highest BCUT2D eigenvalue weighted by atomic mass is 35.7. The Morgan fingerprint density at radius 1 is 1.33 bits per heavy atom. The highest BCUT2D eigenvalue weighted by Gasteiger charge is 2.10. The predicted octanol–water partition coefficient (Wildman–Crippen LogP) is 2.06. The van der Waals surface area contributed by atoms with Crippen LogP contribution in [0.3, 0.4) is 0 Å². The summed E-state index contributed by atoms with van der Waals surface area (Å²) in [6.45, 7) is 1.59. The zero-order chi connectivity index (χ0) is 9.35. The SMILES string of the molecule is Cc1cc(F)cc(S(=O)(=O)Cl)c1. The highest BCUT2D eigenvalue weighted by molar-refractivity contribution is 8.13. The van der Waals surface area contributed by atoms with Crippen molar-refractivity contribution in [3.63, 3.8) is 0 Å². The molecule has 0 aliphatic heterocycles. The van der Waals surface area contributed by atoms with Crippen LogP contribution in [0.4, 0.5) is 4.39 Å². The van der Waals surface area contributed by atoms with Crippen molar-refractivity contribution in [3.05, 3.63) is 29.6 Å². The Hall–Kier alpha value is -0.610. The van der Waals surface area contributed by atoms with Crippen LogP contribution in [0.1, 0.15) is 5.56 Å². The Bertz CT molecular complexity index is 380. The molecule has 1 aromatic carbocycles. The van der Waals surface area contributed by atoms with Gasteiger partial charge in [0.05, 0.1) is 4.90 Å². The molecule has 0 aliphatic rings. The second-order valence-electron chi connectivity index (χ2n) is 2.40. The second-order valence-corrected chi connectivity index (χ2v) is 4.97. The van der Waals surface area contributed by atoms with Gasteiger partial charge in [0, 0.05) is 10.7 Å². The number of benzene rings is 1. The van der Waals surface area contributed by atoms with Crippen LogP contribution >= 0.6 is 10.7 Å². The van der Waals surface area contributed by atoms with E-state index in [-0.39, 0.29) is 4.90 Å². The quantitative estimate of drug-likeness (QED) is 0.662. The fourth-order valence-electron chi connectivity index (χ4n) is 0.844. The van der Waals surface area contributed by atoms with Gasteiger partial charge in [0.25, 0.3) is 9.05 Å². The molecule has 0 heterocycles. The molecule has 0 amide bonds. The Morgan fingerprint density at radius 3 is 2.33 bits per heavy atom. The second kappa shape index (κ2) is 3.03. The molecule has 0 unspecified atom stereocenters. The summed E-state index contributed by atoms with van der Waals surface area (Å²) in [6.07, 6.45) is 0. The van der Waals surface area contributed by atoms with Crippen molar-refractivity contribution in [2.24, 2.45) is 0 Å². The normalized spacial score (nSPS) is 11.6. The molecule has 0 saturated heterocycles. The molecule has 0 spiro atoms. The summed E-state index contributed by atoms with van der Waals surface area (Å²) in [4.78, 5) is -0.207. The van der Waals surface area contributed by atoms with E-state index in [2.05, 4.69) is 0 Å². The topological polar surface area (TPSA) is 34.1 Å². The maximum absolute atomic E-state index is 12.6. The first-order valence-corrected chi connectivity index (χ1v) is 5.42. The van der Waals surface area contributed by atoms with E-state index in [0.29, 0.717) is 5.56 Å². The van der Waals surface area contributed by atoms with E-state index in [1.165, 1.54) is 12.1 Å². The minimum Gasteiger partial charge on any atom is -0.207 e. The van der Waals surface area contributed by atoms with E-state index in [1.54, 1.807) is 6.92 Å². The Kier molecular flexibility index (Phi) is 2.39. The van der Waals surface area contributed by atoms with E-state index < -0.39 is 14.9 Å². The van der Waals surface area contributed by atoms with Gasteiger partial charge in [-0.15, -0.1) is 0 Å². The van der Waals surface area contributed by atoms with Gasteiger partial charge in [0.15, 0.2) is 0 Å². The van der Waals surface area contributed by atoms with Crippen molar-refractivity contribution in [1.29, 1.82) is 0 Å². The first-order chi connectivity index (χ1) is 5.39. The third-order valence-electron chi connectivity index (χ3n) is 1.30. The summed E-state index contributed by atoms with van der Waals surface area (Å²) in [7, 11) is 1.19. The lowest BCUT2D eigenvalue weighted by atomic mass is 10.2. The van der Waals surface area contributed by atoms with E-state index in [1.807, 2.05) is 0 Å². The molecule has 0 N–H and O–H groups in total. The molecule has 0 bridgehead atoms. The molecular formula is C7H6ClFO2S. The lowest BCUT2D eigenvalue weighted by molar-refractivity contribution is 0.601. The molecule has 0 aliphatic carbocycles. The largest absolute Gasteiger partial charge is 0.261 e. The molecule has 2 nitrogen and oxygen atoms in total. The molecule has 1 aromatic rings. The van der Waals surface area contributed by atoms with Crippen molar-refractivity contribution < 1.29 is 12.8 Å². The minimum absolute atomic E-state index is 0.207. The fourth-order valence-corrected chi connectivity index (χ4v) is 1.69. The van der Waals surface area contributed by atoms with Gasteiger partial charge >= 0.3 is 0 Å². The summed E-state index contributed by atoms with van der Waals surface area (Å²) in [5.41, 5.74) is 0.522. The van der Waals surface area contributed by atoms with Crippen molar-refractivity contribution in [3.8, 4) is 0 Å². The van der Waals surface area contributed by atoms with Crippen LogP contribution in [0.25, 0.3) is 0 Å². The van der Waals surface area contributed by atoms with Crippen molar-refractivity contribution >= 4 is 19.7 Å². The van der Waals surface area contributed by atoms with Crippen molar-refractivity contribution in [2.45, 2.75) is 11.8 Å². The van der Waals surface area contributed by atoms with Crippen LogP contribution in [0.5, 0.6) is 0 Å². The number of halogens is 2. The van der Waals surface area contributed by atoms with Gasteiger partial charge in [-0.2, -0.15) is 0 Å². The zero-order valence-corrected chi connectivity index (χ0v) is 7.79. The molecule has 0 aromatic heterocycles. The van der Waals surface area contributed by atoms with E-state index in [9.17, 15) is 12.8 Å². The van der Waals surface area contributed by atoms with Crippen LogP contribution in [-0.4, -0.2) is 8.42 Å². The van der Waals surface area contributed by atoms with Crippen LogP contribution in [0.15, 0.2) is 23.1 Å². The van der Waals surface area contributed by atoms with E-state index in [4.69, 9.17) is 10.7 Å². The summed E-state index contributed by atoms with van der Waals surface area (Å²) < 4.78 is 34.1. The molecule has 66 valence electrons. The standard InChI is InChI=1S/C7H6ClFO2S/c1-5-2-6(9)4-7(3-5)12(8,10)11/h2-4H,1H3. The maximum Gasteiger partial charge on any atom is 0.261 e. The van der Waals surface area contributed by atoms with Crippen LogP contribution < -0.4 is 0 Å². The summed E-state index contributed by atoms with van der Waals surface area (Å²) in [5, 5.41) is 0. The Morgan fingerprint density at radius 2 is 1.92 bits per heavy atom. The van der Waals surface area contributed by atoms with Crippen LogP contribution in [0.2, 0.25) is 0 Å². The van der Waals surface area contributed by atoms with Crippen LogP contribution in [-0.2, 0) is 9.05 Å². The molecule has 0 fully saturated rings. The Labute approximate surface area is 74.4 Å². The number of aryl methyl sites for hydroxylation is 1. The monoisotopic (exact) mass is 208 g/mol. The molecule has 5 heteroatoms. The molecule has 0 radical (unpaired) electrons. The van der Waals surface area contributed by atoms with Gasteiger partial charge in [-0.05, 0) is 30.7 Å². The number of rotatable bonds is 1. The summed E-state index contributed by atoms with van der Waals surface area (Å²) >= 11 is 0. The van der Waals surface area contributed by atoms with Crippen molar-refractivity contribution in [2.75, 3.05) is 0 Å². The van der Waals surface area contributed by atoms with Gasteiger partial charge in [0.2, 0.25) is 0 Å². The molecular weight excluding hydrogens is 203 g/mol. The number of hydrogen-bond acceptors (Lipinski definition) is 2. The van der Waals surface area contributed by atoms with Gasteiger partial charge in [-0.3, -0.25) is 0 Å². The average Bonchev–Trinajstić information content (AvgIpc) is 1.82. The zero-order valence-electron chi connectivity index (χ0n) is 6.21. The summed E-state index contributed by atoms with van der Waals surface area (Å²) in [5.74, 6) is -0.603. The molecule has 12 heavy (non-hydrogen) atoms. The fraction of sp³-hybridized carbons (Fsp3) is 0.143. The lowest BCUT2D eigenvalue weighted by Crippen LogP contribution is -1.92. The van der Waals surface area contributed by atoms with Crippen molar-refractivity contribution in [1.82, 2.24) is 0 Å². The van der Waals surface area contributed by atoms with Gasteiger partial charge < -0.3 is 0 Å². The van der Waals surface area contributed by atoms with E-state index in [0.717, 1.165) is 6.07 Å². The minimum atomic E-state index is -3.82. The third-order valence-corrected chi connectivity index (χ3v) is 2.63. The van der Waals surface area contributed by atoms with E-state index >= 15 is 0 Å². The van der Waals surface area contributed by atoms with Gasteiger partial charge in [-0.25, -0.2) is 12.8 Å². The predicted molar refractivity (Wildman–Crippen MR) is 44.2 cm³/mol. The highest BCUT2D eigenvalue weighted by Crippen LogP contribution is 2.17. The molecule has 0 saturated carbocycles. The maximum atomic E-state index is 12.6. The molecule has 0 atom stereocenters.